The zero-order valence-corrected chi connectivity index (χ0v) is 10.7. The molecule has 0 amide bonds. The molecule has 0 heteroatoms. The van der Waals surface area contributed by atoms with Crippen LogP contribution in [0.5, 0.6) is 0 Å². The quantitative estimate of drug-likeness (QED) is 0.419. The Balaban J connectivity index is 4.76. The van der Waals surface area contributed by atoms with E-state index in [2.05, 4.69) is 46.6 Å². The summed E-state index contributed by atoms with van der Waals surface area (Å²) >= 11 is 0. The van der Waals surface area contributed by atoms with Crippen molar-refractivity contribution < 1.29 is 0 Å². The van der Waals surface area contributed by atoms with Crippen LogP contribution in [-0.4, -0.2) is 0 Å². The van der Waals surface area contributed by atoms with Crippen molar-refractivity contribution in [2.45, 2.75) is 47.0 Å². The van der Waals surface area contributed by atoms with E-state index in [1.54, 1.807) is 0 Å². The lowest BCUT2D eigenvalue weighted by molar-refractivity contribution is 0.748. The van der Waals surface area contributed by atoms with E-state index in [1.165, 1.54) is 23.1 Å². The zero-order valence-electron chi connectivity index (χ0n) is 10.7. The molecule has 0 spiro atoms. The highest BCUT2D eigenvalue weighted by Gasteiger charge is 2.05. The predicted molar refractivity (Wildman–Crippen MR) is 69.9 cm³/mol. The van der Waals surface area contributed by atoms with Crippen LogP contribution in [0.4, 0.5) is 0 Å². The lowest BCUT2D eigenvalue weighted by Gasteiger charge is -2.11. The summed E-state index contributed by atoms with van der Waals surface area (Å²) in [5, 5.41) is 0. The van der Waals surface area contributed by atoms with E-state index in [9.17, 15) is 0 Å². The number of hydrogen-bond acceptors (Lipinski definition) is 0. The molecule has 0 saturated carbocycles. The van der Waals surface area contributed by atoms with Crippen molar-refractivity contribution in [3.8, 4) is 0 Å². The van der Waals surface area contributed by atoms with Crippen LogP contribution in [0.25, 0.3) is 0 Å². The molecular weight excluding hydrogens is 180 g/mol. The molecule has 84 valence electrons. The molecule has 0 fully saturated rings. The van der Waals surface area contributed by atoms with Gasteiger partial charge in [-0.3, -0.25) is 0 Å². The Morgan fingerprint density at radius 2 is 1.93 bits per heavy atom. The van der Waals surface area contributed by atoms with Gasteiger partial charge in [-0.15, -0.1) is 18.9 Å². The number of hydrogen-bond donors (Lipinski definition) is 0. The number of allylic oxidation sites excluding steroid dienone is 3. The van der Waals surface area contributed by atoms with Crippen LogP contribution in [0, 0.1) is 5.92 Å². The normalized spacial score (nSPS) is 11.5. The number of rotatable bonds is 6. The van der Waals surface area contributed by atoms with Crippen molar-refractivity contribution in [3.05, 3.63) is 41.7 Å². The Bertz CT molecular complexity index is 285. The molecule has 0 heterocycles. The van der Waals surface area contributed by atoms with Crippen molar-refractivity contribution in [1.29, 1.82) is 0 Å². The molecule has 1 atom stereocenters. The summed E-state index contributed by atoms with van der Waals surface area (Å²) < 4.78 is 0. The Morgan fingerprint density at radius 3 is 2.33 bits per heavy atom. The molecule has 0 bridgehead atoms. The molecule has 0 saturated heterocycles. The Kier molecular flexibility index (Phi) is 6.83. The van der Waals surface area contributed by atoms with Crippen LogP contribution >= 0.6 is 0 Å². The second-order valence-corrected chi connectivity index (χ2v) is 4.34. The van der Waals surface area contributed by atoms with Crippen molar-refractivity contribution in [2.75, 3.05) is 0 Å². The van der Waals surface area contributed by atoms with E-state index in [1.807, 2.05) is 6.08 Å². The summed E-state index contributed by atoms with van der Waals surface area (Å²) in [5.74, 6) is 0.398. The highest BCUT2D eigenvalue weighted by molar-refractivity contribution is 5.15. The maximum atomic E-state index is 3.95. The van der Waals surface area contributed by atoms with Crippen molar-refractivity contribution >= 4 is 0 Å². The first-order chi connectivity index (χ1) is 7.01. The van der Waals surface area contributed by atoms with E-state index in [0.717, 1.165) is 12.8 Å². The fraction of sp³-hybridized carbons (Fsp3) is 0.533. The lowest BCUT2D eigenvalue weighted by Crippen LogP contribution is -1.97. The third-order valence-electron chi connectivity index (χ3n) is 2.44. The second-order valence-electron chi connectivity index (χ2n) is 4.34. The Labute approximate surface area is 95.1 Å². The third-order valence-corrected chi connectivity index (χ3v) is 2.44. The molecule has 15 heavy (non-hydrogen) atoms. The van der Waals surface area contributed by atoms with E-state index in [0.29, 0.717) is 5.92 Å². The molecule has 0 aliphatic carbocycles. The molecular formula is C15H24. The van der Waals surface area contributed by atoms with Gasteiger partial charge in [0, 0.05) is 5.92 Å². The topological polar surface area (TPSA) is 0 Å². The first kappa shape index (κ1) is 14.0. The van der Waals surface area contributed by atoms with Gasteiger partial charge in [0.2, 0.25) is 0 Å². The third kappa shape index (κ3) is 6.14. The minimum Gasteiger partial charge on any atom is -0.123 e. The van der Waals surface area contributed by atoms with E-state index < -0.39 is 0 Å². The molecule has 0 radical (unpaired) electrons. The van der Waals surface area contributed by atoms with Crippen LogP contribution in [0.3, 0.4) is 0 Å². The zero-order chi connectivity index (χ0) is 11.8. The molecule has 0 N–H and O–H groups in total. The van der Waals surface area contributed by atoms with E-state index >= 15 is 0 Å². The van der Waals surface area contributed by atoms with Crippen molar-refractivity contribution in [1.82, 2.24) is 0 Å². The standard InChI is InChI=1S/C15H24/c1-7-9-13(5)11-14(6)15(8-2)10-12(3)4/h8,15H,2-3,7,9-10H2,1,4-6H3. The van der Waals surface area contributed by atoms with Gasteiger partial charge in [-0.05, 0) is 44.8 Å². The van der Waals surface area contributed by atoms with Crippen LogP contribution < -0.4 is 0 Å². The minimum atomic E-state index is 0.398. The Hall–Kier alpha value is -1.00. The summed E-state index contributed by atoms with van der Waals surface area (Å²) in [7, 11) is 0. The highest BCUT2D eigenvalue weighted by Crippen LogP contribution is 2.19. The van der Waals surface area contributed by atoms with Gasteiger partial charge in [-0.25, -0.2) is 0 Å². The Morgan fingerprint density at radius 1 is 1.33 bits per heavy atom. The summed E-state index contributed by atoms with van der Waals surface area (Å²) in [6.07, 6.45) is 5.30. The largest absolute Gasteiger partial charge is 0.123 e. The van der Waals surface area contributed by atoms with Crippen LogP contribution in [0.15, 0.2) is 41.7 Å². The van der Waals surface area contributed by atoms with Crippen molar-refractivity contribution in [2.24, 2.45) is 5.92 Å². The SMILES string of the molecule is C=CC(CC(=C)C)C(C)=C=C(C)CCC. The van der Waals surface area contributed by atoms with Crippen LogP contribution in [-0.2, 0) is 0 Å². The second kappa shape index (κ2) is 7.31. The molecule has 1 unspecified atom stereocenters. The van der Waals surface area contributed by atoms with Crippen LogP contribution in [0.2, 0.25) is 0 Å². The molecule has 0 aliphatic rings. The highest BCUT2D eigenvalue weighted by atomic mass is 14.1. The molecule has 0 aliphatic heterocycles. The summed E-state index contributed by atoms with van der Waals surface area (Å²) in [6, 6.07) is 0. The van der Waals surface area contributed by atoms with Gasteiger partial charge in [0.15, 0.2) is 0 Å². The van der Waals surface area contributed by atoms with Gasteiger partial charge in [0.1, 0.15) is 0 Å². The van der Waals surface area contributed by atoms with Gasteiger partial charge in [-0.1, -0.05) is 25.0 Å². The predicted octanol–water partition coefficient (Wildman–Crippen LogP) is 5.05. The fourth-order valence-corrected chi connectivity index (χ4v) is 1.66. The summed E-state index contributed by atoms with van der Waals surface area (Å²) in [4.78, 5) is 0. The van der Waals surface area contributed by atoms with Gasteiger partial charge in [0.25, 0.3) is 0 Å². The van der Waals surface area contributed by atoms with E-state index in [-0.39, 0.29) is 0 Å². The smallest absolute Gasteiger partial charge is 0.00842 e. The summed E-state index contributed by atoms with van der Waals surface area (Å²) in [5.41, 5.74) is 7.27. The van der Waals surface area contributed by atoms with Gasteiger partial charge >= 0.3 is 0 Å². The fourth-order valence-electron chi connectivity index (χ4n) is 1.66. The van der Waals surface area contributed by atoms with Gasteiger partial charge < -0.3 is 0 Å². The van der Waals surface area contributed by atoms with Gasteiger partial charge in [0.05, 0.1) is 0 Å². The maximum Gasteiger partial charge on any atom is 0.00842 e. The average Bonchev–Trinajstić information content (AvgIpc) is 2.13. The lowest BCUT2D eigenvalue weighted by atomic mass is 9.93. The summed E-state index contributed by atoms with van der Waals surface area (Å²) in [6.45, 7) is 16.4. The molecule has 0 nitrogen and oxygen atoms in total. The molecule has 0 rings (SSSR count). The first-order valence-electron chi connectivity index (χ1n) is 5.71. The first-order valence-corrected chi connectivity index (χ1v) is 5.71. The average molecular weight is 204 g/mol. The molecule has 0 aromatic heterocycles. The molecule has 0 aromatic carbocycles. The van der Waals surface area contributed by atoms with E-state index in [4.69, 9.17) is 0 Å². The van der Waals surface area contributed by atoms with Crippen molar-refractivity contribution in [3.63, 3.8) is 0 Å². The maximum absolute atomic E-state index is 3.95. The monoisotopic (exact) mass is 204 g/mol. The molecule has 0 aromatic rings. The minimum absolute atomic E-state index is 0.398. The van der Waals surface area contributed by atoms with Crippen LogP contribution in [0.1, 0.15) is 47.0 Å². The van der Waals surface area contributed by atoms with Gasteiger partial charge in [-0.2, -0.15) is 0 Å².